The number of nitrogens with zero attached hydrogens (tertiary/aromatic N) is 4. The van der Waals surface area contributed by atoms with Crippen LogP contribution in [-0.4, -0.2) is 19.9 Å². The molecule has 2 heterocycles. The molecule has 4 fully saturated rings. The van der Waals surface area contributed by atoms with Gasteiger partial charge in [0.2, 0.25) is 0 Å². The molecule has 4 saturated carbocycles. The zero-order chi connectivity index (χ0) is 34.2. The van der Waals surface area contributed by atoms with Gasteiger partial charge in [-0.1, -0.05) is 115 Å². The van der Waals surface area contributed by atoms with Crippen LogP contribution in [0.1, 0.15) is 43.2 Å². The van der Waals surface area contributed by atoms with E-state index in [1.54, 1.807) is 0 Å². The zero-order valence-corrected chi connectivity index (χ0v) is 29.0. The average Bonchev–Trinajstić information content (AvgIpc) is 3.51. The molecule has 250 valence electrons. The fourth-order valence-electron chi connectivity index (χ4n) is 10.9. The number of pyridine rings is 1. The number of rotatable bonds is 5. The summed E-state index contributed by atoms with van der Waals surface area (Å²) in [6.45, 7) is 0. The third kappa shape index (κ3) is 4.53. The predicted octanol–water partition coefficient (Wildman–Crippen LogP) is 11.3. The summed E-state index contributed by atoms with van der Waals surface area (Å²) in [4.78, 5) is 21.2. The second-order valence-electron chi connectivity index (χ2n) is 15.5. The largest absolute Gasteiger partial charge is 0.256 e. The highest BCUT2D eigenvalue weighted by molar-refractivity contribution is 5.87. The van der Waals surface area contributed by atoms with E-state index >= 15 is 0 Å². The number of benzene rings is 5. The van der Waals surface area contributed by atoms with Crippen LogP contribution >= 0.6 is 0 Å². The number of hydrogen-bond donors (Lipinski definition) is 0. The molecule has 0 amide bonds. The van der Waals surface area contributed by atoms with E-state index in [0.717, 1.165) is 62.3 Å². The summed E-state index contributed by atoms with van der Waals surface area (Å²) in [6.07, 6.45) is 8.62. The fraction of sp³-hybridized carbons (Fsp3) is 0.208. The molecule has 5 aliphatic carbocycles. The summed E-state index contributed by atoms with van der Waals surface area (Å²) in [5.74, 6) is 5.05. The lowest BCUT2D eigenvalue weighted by molar-refractivity contribution is -0.0398. The number of hydrogen-bond acceptors (Lipinski definition) is 4. The molecule has 4 nitrogen and oxygen atoms in total. The monoisotopic (exact) mass is 670 g/mol. The van der Waals surface area contributed by atoms with E-state index in [1.807, 2.05) is 12.3 Å². The summed E-state index contributed by atoms with van der Waals surface area (Å²) < 4.78 is 0. The Hall–Kier alpha value is -5.74. The van der Waals surface area contributed by atoms with Gasteiger partial charge in [-0.25, -0.2) is 15.0 Å². The second kappa shape index (κ2) is 11.6. The minimum absolute atomic E-state index is 0.0592. The van der Waals surface area contributed by atoms with Crippen LogP contribution in [0.2, 0.25) is 0 Å². The molecule has 5 aromatic carbocycles. The molecule has 52 heavy (non-hydrogen) atoms. The lowest BCUT2D eigenvalue weighted by Gasteiger charge is -2.61. The van der Waals surface area contributed by atoms with Gasteiger partial charge in [0.1, 0.15) is 0 Å². The molecule has 1 spiro atoms. The molecular weight excluding hydrogens is 633 g/mol. The quantitative estimate of drug-likeness (QED) is 0.183. The first-order valence-corrected chi connectivity index (χ1v) is 18.9. The van der Waals surface area contributed by atoms with Crippen molar-refractivity contribution >= 4 is 0 Å². The Morgan fingerprint density at radius 1 is 0.423 bits per heavy atom. The summed E-state index contributed by atoms with van der Waals surface area (Å²) >= 11 is 0. The van der Waals surface area contributed by atoms with Crippen molar-refractivity contribution in [3.05, 3.63) is 157 Å². The van der Waals surface area contributed by atoms with Crippen LogP contribution in [0, 0.1) is 23.7 Å². The molecule has 7 aromatic rings. The molecule has 4 bridgehead atoms. The van der Waals surface area contributed by atoms with Crippen LogP contribution in [0.15, 0.2) is 146 Å². The molecule has 0 aliphatic heterocycles. The maximum atomic E-state index is 5.46. The highest BCUT2D eigenvalue weighted by Crippen LogP contribution is 2.70. The Bertz CT molecular complexity index is 2390. The van der Waals surface area contributed by atoms with E-state index in [2.05, 4.69) is 133 Å². The lowest BCUT2D eigenvalue weighted by atomic mass is 9.43. The molecule has 2 aromatic heterocycles. The maximum absolute atomic E-state index is 5.46. The van der Waals surface area contributed by atoms with Crippen molar-refractivity contribution in [2.24, 2.45) is 23.7 Å². The Balaban J connectivity index is 1.16. The standard InChI is InChI=1S/C48H38N4/c1-4-12-32(13-5-1)35-27-36(33-14-6-2-7-15-33)29-37(28-35)46-50-45(34-16-8-3-9-17-34)51-47(52-46)41-19-10-18-40-43(41)48(42-20-11-21-49-44(40)42)38-23-30-22-31(25-38)26-39(48)24-30/h1-21,27-31,38-39H,22-26H2. The number of fused-ring (bicyclic) bond motifs is 3. The molecule has 0 unspecified atom stereocenters. The van der Waals surface area contributed by atoms with Gasteiger partial charge in [0.15, 0.2) is 17.5 Å². The van der Waals surface area contributed by atoms with E-state index in [4.69, 9.17) is 19.9 Å². The molecule has 0 saturated heterocycles. The van der Waals surface area contributed by atoms with Gasteiger partial charge in [-0.05, 0) is 113 Å². The predicted molar refractivity (Wildman–Crippen MR) is 208 cm³/mol. The molecule has 0 atom stereocenters. The first kappa shape index (κ1) is 29.9. The van der Waals surface area contributed by atoms with E-state index in [1.165, 1.54) is 48.8 Å². The Morgan fingerprint density at radius 3 is 1.56 bits per heavy atom. The van der Waals surface area contributed by atoms with Crippen LogP contribution in [0.5, 0.6) is 0 Å². The first-order valence-electron chi connectivity index (χ1n) is 18.9. The van der Waals surface area contributed by atoms with Crippen molar-refractivity contribution in [3.8, 4) is 67.7 Å². The highest BCUT2D eigenvalue weighted by atomic mass is 15.0. The SMILES string of the molecule is c1ccc(-c2cc(-c3ccccc3)cc(-c3nc(-c4ccccc4)nc(-c4cccc5c4C4(c6cccnc6-5)C5CC6CC(C5)CC4C6)n3)c2)cc1. The summed E-state index contributed by atoms with van der Waals surface area (Å²) in [5, 5.41) is 0. The Kier molecular flexibility index (Phi) is 6.70. The van der Waals surface area contributed by atoms with E-state index in [9.17, 15) is 0 Å². The van der Waals surface area contributed by atoms with Crippen LogP contribution in [0.25, 0.3) is 67.7 Å². The van der Waals surface area contributed by atoms with E-state index in [-0.39, 0.29) is 5.41 Å². The Labute approximate surface area is 304 Å². The summed E-state index contributed by atoms with van der Waals surface area (Å²) in [6, 6.07) is 49.7. The van der Waals surface area contributed by atoms with Gasteiger partial charge in [-0.2, -0.15) is 0 Å². The van der Waals surface area contributed by atoms with Crippen LogP contribution in [0.3, 0.4) is 0 Å². The van der Waals surface area contributed by atoms with Crippen molar-refractivity contribution in [1.82, 2.24) is 19.9 Å². The molecule has 0 N–H and O–H groups in total. The van der Waals surface area contributed by atoms with Crippen LogP contribution in [0.4, 0.5) is 0 Å². The lowest BCUT2D eigenvalue weighted by Crippen LogP contribution is -2.55. The van der Waals surface area contributed by atoms with Gasteiger partial charge < -0.3 is 0 Å². The van der Waals surface area contributed by atoms with Crippen LogP contribution < -0.4 is 0 Å². The maximum Gasteiger partial charge on any atom is 0.164 e. The van der Waals surface area contributed by atoms with Gasteiger partial charge in [0.25, 0.3) is 0 Å². The minimum atomic E-state index is -0.0592. The fourth-order valence-corrected chi connectivity index (χ4v) is 10.9. The van der Waals surface area contributed by atoms with E-state index < -0.39 is 0 Å². The van der Waals surface area contributed by atoms with Gasteiger partial charge in [-0.15, -0.1) is 0 Å². The van der Waals surface area contributed by atoms with Crippen molar-refractivity contribution < 1.29 is 0 Å². The normalized spacial score (nSPS) is 23.5. The molecule has 12 rings (SSSR count). The van der Waals surface area contributed by atoms with Crippen molar-refractivity contribution in [3.63, 3.8) is 0 Å². The molecule has 5 aliphatic rings. The molecule has 4 heteroatoms. The zero-order valence-electron chi connectivity index (χ0n) is 29.0. The minimum Gasteiger partial charge on any atom is -0.256 e. The summed E-state index contributed by atoms with van der Waals surface area (Å²) in [7, 11) is 0. The average molecular weight is 671 g/mol. The summed E-state index contributed by atoms with van der Waals surface area (Å²) in [5.41, 5.74) is 12.9. The van der Waals surface area contributed by atoms with Crippen molar-refractivity contribution in [1.29, 1.82) is 0 Å². The van der Waals surface area contributed by atoms with Gasteiger partial charge in [0.05, 0.1) is 5.69 Å². The topological polar surface area (TPSA) is 51.6 Å². The van der Waals surface area contributed by atoms with Crippen molar-refractivity contribution in [2.75, 3.05) is 0 Å². The highest BCUT2D eigenvalue weighted by Gasteiger charge is 2.62. The van der Waals surface area contributed by atoms with Gasteiger partial charge >= 0.3 is 0 Å². The smallest absolute Gasteiger partial charge is 0.164 e. The Morgan fingerprint density at radius 2 is 0.942 bits per heavy atom. The first-order chi connectivity index (χ1) is 25.7. The van der Waals surface area contributed by atoms with E-state index in [0.29, 0.717) is 23.5 Å². The third-order valence-corrected chi connectivity index (χ3v) is 12.7. The second-order valence-corrected chi connectivity index (χ2v) is 15.5. The van der Waals surface area contributed by atoms with Gasteiger partial charge in [-0.3, -0.25) is 4.98 Å². The molecule has 0 radical (unpaired) electrons. The number of aromatic nitrogens is 4. The van der Waals surface area contributed by atoms with Crippen molar-refractivity contribution in [2.45, 2.75) is 37.5 Å². The van der Waals surface area contributed by atoms with Gasteiger partial charge in [0, 0.05) is 33.9 Å². The van der Waals surface area contributed by atoms with Crippen LogP contribution in [-0.2, 0) is 5.41 Å². The molecular formula is C48H38N4. The third-order valence-electron chi connectivity index (χ3n) is 12.7.